The monoisotopic (exact) mass is 358 g/mol. The molecule has 0 aliphatic carbocycles. The number of likely N-dealkylation sites (tertiary alicyclic amines) is 1. The fraction of sp³-hybridized carbons (Fsp3) is 0.421. The molecule has 1 aromatic carbocycles. The van der Waals surface area contributed by atoms with Crippen molar-refractivity contribution in [2.24, 2.45) is 5.73 Å². The maximum absolute atomic E-state index is 13.8. The minimum absolute atomic E-state index is 0.0963. The van der Waals surface area contributed by atoms with Crippen LogP contribution in [0, 0.1) is 12.7 Å². The van der Waals surface area contributed by atoms with E-state index in [1.807, 2.05) is 6.92 Å². The molecule has 2 heterocycles. The molecule has 1 unspecified atom stereocenters. The van der Waals surface area contributed by atoms with Gasteiger partial charge in [-0.15, -0.1) is 0 Å². The van der Waals surface area contributed by atoms with Gasteiger partial charge in [0, 0.05) is 18.3 Å². The summed E-state index contributed by atoms with van der Waals surface area (Å²) >= 11 is 0. The molecule has 1 aliphatic rings. The SMILES string of the molecule is Cc1cc(Oc2ccccc2F)nc(C2CCCN2C(=O)C(C)(C)N)n1. The molecule has 26 heavy (non-hydrogen) atoms. The molecule has 6 nitrogen and oxygen atoms in total. The van der Waals surface area contributed by atoms with E-state index < -0.39 is 11.4 Å². The van der Waals surface area contributed by atoms with Gasteiger partial charge in [0.2, 0.25) is 11.8 Å². The van der Waals surface area contributed by atoms with Gasteiger partial charge in [0.15, 0.2) is 17.4 Å². The molecule has 0 radical (unpaired) electrons. The Bertz CT molecular complexity index is 819. The third-order valence-corrected chi connectivity index (χ3v) is 4.26. The average Bonchev–Trinajstić information content (AvgIpc) is 3.04. The molecule has 1 aliphatic heterocycles. The zero-order chi connectivity index (χ0) is 18.9. The van der Waals surface area contributed by atoms with Crippen LogP contribution in [0.1, 0.15) is 44.2 Å². The molecule has 2 aromatic rings. The van der Waals surface area contributed by atoms with Gasteiger partial charge in [-0.2, -0.15) is 4.98 Å². The first-order valence-electron chi connectivity index (χ1n) is 8.63. The lowest BCUT2D eigenvalue weighted by atomic mass is 10.0. The Kier molecular flexibility index (Phi) is 4.91. The second-order valence-electron chi connectivity index (χ2n) is 7.12. The fourth-order valence-electron chi connectivity index (χ4n) is 3.05. The third-order valence-electron chi connectivity index (χ3n) is 4.26. The van der Waals surface area contributed by atoms with Crippen molar-refractivity contribution in [1.29, 1.82) is 0 Å². The molecule has 1 saturated heterocycles. The zero-order valence-corrected chi connectivity index (χ0v) is 15.2. The predicted molar refractivity (Wildman–Crippen MR) is 95.2 cm³/mol. The summed E-state index contributed by atoms with van der Waals surface area (Å²) in [5.41, 5.74) is 5.71. The Balaban J connectivity index is 1.90. The molecule has 0 bridgehead atoms. The predicted octanol–water partition coefficient (Wildman–Crippen LogP) is 3.12. The Morgan fingerprint density at radius 2 is 2.08 bits per heavy atom. The molecular formula is C19H23FN4O2. The normalized spacial score (nSPS) is 17.4. The summed E-state index contributed by atoms with van der Waals surface area (Å²) in [6, 6.07) is 7.53. The maximum Gasteiger partial charge on any atom is 0.242 e. The Morgan fingerprint density at radius 1 is 1.35 bits per heavy atom. The van der Waals surface area contributed by atoms with E-state index in [1.165, 1.54) is 12.1 Å². The van der Waals surface area contributed by atoms with E-state index in [0.717, 1.165) is 12.8 Å². The number of nitrogens with two attached hydrogens (primary N) is 1. The van der Waals surface area contributed by atoms with Crippen LogP contribution in [0.15, 0.2) is 30.3 Å². The summed E-state index contributed by atoms with van der Waals surface area (Å²) in [5, 5.41) is 0. The second kappa shape index (κ2) is 6.99. The number of ether oxygens (including phenoxy) is 1. The van der Waals surface area contributed by atoms with Crippen LogP contribution in [0.2, 0.25) is 0 Å². The minimum Gasteiger partial charge on any atom is -0.436 e. The van der Waals surface area contributed by atoms with E-state index in [-0.39, 0.29) is 23.6 Å². The first kappa shape index (κ1) is 18.3. The first-order valence-corrected chi connectivity index (χ1v) is 8.63. The van der Waals surface area contributed by atoms with Crippen molar-refractivity contribution in [3.8, 4) is 11.6 Å². The lowest BCUT2D eigenvalue weighted by Crippen LogP contribution is -2.50. The van der Waals surface area contributed by atoms with Crippen LogP contribution in [0.4, 0.5) is 4.39 Å². The van der Waals surface area contributed by atoms with Gasteiger partial charge in [-0.05, 0) is 45.7 Å². The van der Waals surface area contributed by atoms with Crippen LogP contribution in [0.25, 0.3) is 0 Å². The van der Waals surface area contributed by atoms with Gasteiger partial charge >= 0.3 is 0 Å². The average molecular weight is 358 g/mol. The molecule has 3 rings (SSSR count). The third kappa shape index (κ3) is 3.83. The fourth-order valence-corrected chi connectivity index (χ4v) is 3.05. The molecule has 138 valence electrons. The molecule has 2 N–H and O–H groups in total. The smallest absolute Gasteiger partial charge is 0.242 e. The number of hydrogen-bond acceptors (Lipinski definition) is 5. The molecule has 1 atom stereocenters. The number of aromatic nitrogens is 2. The summed E-state index contributed by atoms with van der Waals surface area (Å²) in [4.78, 5) is 23.3. The quantitative estimate of drug-likeness (QED) is 0.908. The highest BCUT2D eigenvalue weighted by atomic mass is 19.1. The minimum atomic E-state index is -0.959. The number of benzene rings is 1. The first-order chi connectivity index (χ1) is 12.3. The number of halogens is 1. The maximum atomic E-state index is 13.8. The summed E-state index contributed by atoms with van der Waals surface area (Å²) in [6.45, 7) is 5.81. The van der Waals surface area contributed by atoms with Gasteiger partial charge in [-0.1, -0.05) is 12.1 Å². The van der Waals surface area contributed by atoms with Crippen molar-refractivity contribution in [3.63, 3.8) is 0 Å². The van der Waals surface area contributed by atoms with E-state index in [1.54, 1.807) is 36.9 Å². The summed E-state index contributed by atoms with van der Waals surface area (Å²) in [6.07, 6.45) is 1.61. The van der Waals surface area contributed by atoms with E-state index in [4.69, 9.17) is 10.5 Å². The largest absolute Gasteiger partial charge is 0.436 e. The lowest BCUT2D eigenvalue weighted by molar-refractivity contribution is -0.136. The number of nitrogens with zero attached hydrogens (tertiary/aromatic N) is 3. The standard InChI is InChI=1S/C19H23FN4O2/c1-12-11-16(26-15-9-5-4-7-13(15)20)23-17(22-12)14-8-6-10-24(14)18(25)19(2,3)21/h4-5,7,9,11,14H,6,8,10,21H2,1-3H3. The molecule has 1 amide bonds. The Morgan fingerprint density at radius 3 is 2.77 bits per heavy atom. The van der Waals surface area contributed by atoms with E-state index in [9.17, 15) is 9.18 Å². The van der Waals surface area contributed by atoms with Crippen LogP contribution < -0.4 is 10.5 Å². The summed E-state index contributed by atoms with van der Waals surface area (Å²) in [5.74, 6) is 0.240. The summed E-state index contributed by atoms with van der Waals surface area (Å²) < 4.78 is 19.4. The van der Waals surface area contributed by atoms with Gasteiger partial charge in [-0.3, -0.25) is 4.79 Å². The van der Waals surface area contributed by atoms with Crippen molar-refractivity contribution in [2.45, 2.75) is 45.2 Å². The van der Waals surface area contributed by atoms with Crippen LogP contribution in [-0.2, 0) is 4.79 Å². The van der Waals surface area contributed by atoms with Gasteiger partial charge < -0.3 is 15.4 Å². The van der Waals surface area contributed by atoms with Gasteiger partial charge in [-0.25, -0.2) is 9.37 Å². The Hall–Kier alpha value is -2.54. The number of carbonyl (C=O) groups excluding carboxylic acids is 1. The Labute approximate surface area is 152 Å². The number of aryl methyl sites for hydroxylation is 1. The van der Waals surface area contributed by atoms with Gasteiger partial charge in [0.1, 0.15) is 0 Å². The molecule has 0 spiro atoms. The number of carbonyl (C=O) groups is 1. The van der Waals surface area contributed by atoms with Crippen LogP contribution in [0.3, 0.4) is 0 Å². The lowest BCUT2D eigenvalue weighted by Gasteiger charge is -2.30. The highest BCUT2D eigenvalue weighted by Crippen LogP contribution is 2.33. The number of rotatable bonds is 4. The number of para-hydroxylation sites is 1. The highest BCUT2D eigenvalue weighted by Gasteiger charge is 2.37. The van der Waals surface area contributed by atoms with Gasteiger partial charge in [0.05, 0.1) is 11.6 Å². The van der Waals surface area contributed by atoms with Crippen molar-refractivity contribution in [1.82, 2.24) is 14.9 Å². The van der Waals surface area contributed by atoms with Crippen LogP contribution >= 0.6 is 0 Å². The van der Waals surface area contributed by atoms with Crippen molar-refractivity contribution in [3.05, 3.63) is 47.7 Å². The van der Waals surface area contributed by atoms with E-state index >= 15 is 0 Å². The van der Waals surface area contributed by atoms with Crippen molar-refractivity contribution < 1.29 is 13.9 Å². The van der Waals surface area contributed by atoms with E-state index in [0.29, 0.717) is 18.1 Å². The molecule has 1 fully saturated rings. The molecular weight excluding hydrogens is 335 g/mol. The second-order valence-corrected chi connectivity index (χ2v) is 7.12. The molecule has 1 aromatic heterocycles. The zero-order valence-electron chi connectivity index (χ0n) is 15.2. The van der Waals surface area contributed by atoms with Gasteiger partial charge in [0.25, 0.3) is 0 Å². The summed E-state index contributed by atoms with van der Waals surface area (Å²) in [7, 11) is 0. The van der Waals surface area contributed by atoms with Crippen LogP contribution in [0.5, 0.6) is 11.6 Å². The topological polar surface area (TPSA) is 81.3 Å². The number of hydrogen-bond donors (Lipinski definition) is 1. The highest BCUT2D eigenvalue weighted by molar-refractivity contribution is 5.85. The van der Waals surface area contributed by atoms with Crippen molar-refractivity contribution >= 4 is 5.91 Å². The number of amides is 1. The molecule has 0 saturated carbocycles. The molecule has 7 heteroatoms. The van der Waals surface area contributed by atoms with E-state index in [2.05, 4.69) is 9.97 Å². The van der Waals surface area contributed by atoms with Crippen molar-refractivity contribution in [2.75, 3.05) is 6.54 Å². The van der Waals surface area contributed by atoms with Crippen LogP contribution in [-0.4, -0.2) is 32.9 Å².